The minimum Gasteiger partial charge on any atom is -0.457 e. The van der Waals surface area contributed by atoms with Gasteiger partial charge in [0.15, 0.2) is 0 Å². The van der Waals surface area contributed by atoms with Gasteiger partial charge in [0.2, 0.25) is 5.88 Å². The summed E-state index contributed by atoms with van der Waals surface area (Å²) in [6.07, 6.45) is 4.15. The van der Waals surface area contributed by atoms with E-state index in [4.69, 9.17) is 9.15 Å². The Morgan fingerprint density at radius 1 is 0.903 bits per heavy atom. The molecule has 2 aromatic carbocycles. The number of nitrogens with zero attached hydrogens (tertiary/aromatic N) is 4. The predicted molar refractivity (Wildman–Crippen MR) is 127 cm³/mol. The molecule has 0 atom stereocenters. The maximum absolute atomic E-state index is 6.25. The Hall–Kier alpha value is -3.58. The van der Waals surface area contributed by atoms with Crippen molar-refractivity contribution in [2.75, 3.05) is 42.1 Å². The van der Waals surface area contributed by atoms with Crippen molar-refractivity contribution >= 4 is 44.6 Å². The second kappa shape index (κ2) is 6.99. The van der Waals surface area contributed by atoms with E-state index >= 15 is 0 Å². The van der Waals surface area contributed by atoms with E-state index in [2.05, 4.69) is 75.7 Å². The fraction of sp³-hybridized carbons (Fsp3) is 0.167. The van der Waals surface area contributed by atoms with Crippen LogP contribution in [0.5, 0.6) is 11.5 Å². The van der Waals surface area contributed by atoms with Gasteiger partial charge >= 0.3 is 0 Å². The third-order valence-electron chi connectivity index (χ3n) is 5.61. The van der Waals surface area contributed by atoms with Gasteiger partial charge in [-0.25, -0.2) is 0 Å². The number of fused-ring (bicyclic) bond motifs is 3. The largest absolute Gasteiger partial charge is 0.457 e. The molecule has 0 radical (unpaired) electrons. The Morgan fingerprint density at radius 2 is 1.68 bits per heavy atom. The molecule has 7 heteroatoms. The molecule has 4 heterocycles. The number of ether oxygens (including phenoxy) is 1. The fourth-order valence-corrected chi connectivity index (χ4v) is 4.99. The van der Waals surface area contributed by atoms with Gasteiger partial charge in [-0.3, -0.25) is 0 Å². The van der Waals surface area contributed by atoms with Gasteiger partial charge in [0.05, 0.1) is 18.0 Å². The summed E-state index contributed by atoms with van der Waals surface area (Å²) in [4.78, 5) is 8.75. The molecule has 2 aromatic heterocycles. The Bertz CT molecular complexity index is 1290. The first-order valence-corrected chi connectivity index (χ1v) is 11.1. The highest BCUT2D eigenvalue weighted by Crippen LogP contribution is 2.49. The number of rotatable bonds is 4. The lowest BCUT2D eigenvalue weighted by atomic mass is 10.2. The number of anilines is 4. The molecular formula is C24H22N4O2S. The van der Waals surface area contributed by atoms with Gasteiger partial charge in [-0.1, -0.05) is 12.1 Å². The topological polar surface area (TPSA) is 35.3 Å². The van der Waals surface area contributed by atoms with Crippen molar-refractivity contribution in [3.05, 3.63) is 72.4 Å². The van der Waals surface area contributed by atoms with Crippen molar-refractivity contribution in [2.24, 2.45) is 0 Å². The molecule has 2 aliphatic rings. The second-order valence-electron chi connectivity index (χ2n) is 7.90. The zero-order valence-electron chi connectivity index (χ0n) is 17.4. The Balaban J connectivity index is 1.29. The van der Waals surface area contributed by atoms with E-state index in [1.54, 1.807) is 11.3 Å². The lowest BCUT2D eigenvalue weighted by Gasteiger charge is -2.20. The van der Waals surface area contributed by atoms with Gasteiger partial charge < -0.3 is 28.8 Å². The van der Waals surface area contributed by atoms with Gasteiger partial charge in [-0.05, 0) is 35.7 Å². The van der Waals surface area contributed by atoms with Crippen LogP contribution in [0.15, 0.2) is 76.8 Å². The van der Waals surface area contributed by atoms with E-state index in [1.807, 2.05) is 30.3 Å². The van der Waals surface area contributed by atoms with Gasteiger partial charge in [0.25, 0.3) is 0 Å². The molecule has 0 N–H and O–H groups in total. The van der Waals surface area contributed by atoms with E-state index in [0.717, 1.165) is 53.4 Å². The molecule has 4 aromatic rings. The van der Waals surface area contributed by atoms with Crippen LogP contribution >= 0.6 is 11.3 Å². The normalized spacial score (nSPS) is 15.4. The van der Waals surface area contributed by atoms with Crippen LogP contribution in [-0.2, 0) is 0 Å². The third-order valence-corrected chi connectivity index (χ3v) is 6.52. The Labute approximate surface area is 184 Å². The van der Waals surface area contributed by atoms with Crippen LogP contribution < -0.4 is 19.4 Å². The number of thiophene rings is 1. The average Bonchev–Trinajstić information content (AvgIpc) is 3.52. The van der Waals surface area contributed by atoms with E-state index in [1.165, 1.54) is 4.70 Å². The summed E-state index contributed by atoms with van der Waals surface area (Å²) in [6, 6.07) is 18.5. The van der Waals surface area contributed by atoms with Crippen molar-refractivity contribution in [3.8, 4) is 11.5 Å². The van der Waals surface area contributed by atoms with Crippen LogP contribution in [0.1, 0.15) is 0 Å². The zero-order chi connectivity index (χ0) is 20.9. The Kier molecular flexibility index (Phi) is 4.11. The number of hydrogen-bond acceptors (Lipinski definition) is 7. The molecule has 156 valence electrons. The summed E-state index contributed by atoms with van der Waals surface area (Å²) < 4.78 is 13.5. The van der Waals surface area contributed by atoms with E-state index in [0.29, 0.717) is 0 Å². The van der Waals surface area contributed by atoms with E-state index < -0.39 is 0 Å². The van der Waals surface area contributed by atoms with Crippen LogP contribution in [0.4, 0.5) is 22.9 Å². The van der Waals surface area contributed by atoms with Crippen molar-refractivity contribution in [1.29, 1.82) is 0 Å². The van der Waals surface area contributed by atoms with Crippen molar-refractivity contribution < 1.29 is 9.15 Å². The molecule has 0 amide bonds. The maximum atomic E-state index is 6.25. The predicted octanol–water partition coefficient (Wildman–Crippen LogP) is 6.01. The highest BCUT2D eigenvalue weighted by Gasteiger charge is 2.32. The minimum absolute atomic E-state index is 0.746. The van der Waals surface area contributed by atoms with Gasteiger partial charge in [-0.15, -0.1) is 11.3 Å². The van der Waals surface area contributed by atoms with Crippen LogP contribution in [0.25, 0.3) is 10.3 Å². The first kappa shape index (κ1) is 18.2. The monoisotopic (exact) mass is 430 g/mol. The molecular weight excluding hydrogens is 408 g/mol. The smallest absolute Gasteiger partial charge is 0.222 e. The summed E-state index contributed by atoms with van der Waals surface area (Å²) in [6.45, 7) is 1.58. The molecule has 31 heavy (non-hydrogen) atoms. The van der Waals surface area contributed by atoms with Crippen molar-refractivity contribution in [2.45, 2.75) is 0 Å². The van der Waals surface area contributed by atoms with Gasteiger partial charge in [0, 0.05) is 50.0 Å². The lowest BCUT2D eigenvalue weighted by Crippen LogP contribution is -2.24. The maximum Gasteiger partial charge on any atom is 0.222 e. The number of furan rings is 1. The van der Waals surface area contributed by atoms with E-state index in [-0.39, 0.29) is 0 Å². The molecule has 0 aliphatic carbocycles. The zero-order valence-corrected chi connectivity index (χ0v) is 18.2. The quantitative estimate of drug-likeness (QED) is 0.394. The molecule has 0 bridgehead atoms. The first-order valence-electron chi connectivity index (χ1n) is 10.2. The van der Waals surface area contributed by atoms with Gasteiger partial charge in [0.1, 0.15) is 22.8 Å². The molecule has 0 spiro atoms. The Morgan fingerprint density at radius 3 is 2.45 bits per heavy atom. The highest BCUT2D eigenvalue weighted by molar-refractivity contribution is 7.17. The molecule has 0 saturated carbocycles. The highest BCUT2D eigenvalue weighted by atomic mass is 32.1. The average molecular weight is 431 g/mol. The van der Waals surface area contributed by atoms with Crippen LogP contribution in [0.3, 0.4) is 0 Å². The molecule has 6 nitrogen and oxygen atoms in total. The minimum atomic E-state index is 0.746. The second-order valence-corrected chi connectivity index (χ2v) is 8.82. The van der Waals surface area contributed by atoms with Crippen molar-refractivity contribution in [1.82, 2.24) is 4.90 Å². The first-order chi connectivity index (χ1) is 15.2. The summed E-state index contributed by atoms with van der Waals surface area (Å²) in [5, 5.41) is 2.07. The SMILES string of the molecule is CN1C=CN(c2cccc(Oc3cccc(N4CN(C)c5oc6ccsc6c54)c3)c2)C1. The molecule has 0 unspecified atom stereocenters. The van der Waals surface area contributed by atoms with Crippen LogP contribution in [-0.4, -0.2) is 32.3 Å². The van der Waals surface area contributed by atoms with Crippen LogP contribution in [0, 0.1) is 0 Å². The third kappa shape index (κ3) is 3.09. The molecule has 2 aliphatic heterocycles. The molecule has 0 saturated heterocycles. The molecule has 6 rings (SSSR count). The van der Waals surface area contributed by atoms with Crippen molar-refractivity contribution in [3.63, 3.8) is 0 Å². The fourth-order valence-electron chi connectivity index (χ4n) is 4.13. The summed E-state index contributed by atoms with van der Waals surface area (Å²) in [5.74, 6) is 2.55. The van der Waals surface area contributed by atoms with Crippen LogP contribution in [0.2, 0.25) is 0 Å². The van der Waals surface area contributed by atoms with E-state index in [9.17, 15) is 0 Å². The number of hydrogen-bond donors (Lipinski definition) is 0. The van der Waals surface area contributed by atoms with Gasteiger partial charge in [-0.2, -0.15) is 0 Å². The standard InChI is InChI=1S/C24H22N4O2S/c1-25-10-11-27(15-25)17-5-3-7-19(13-17)29-20-8-4-6-18(14-20)28-16-26(2)24-22(28)23-21(30-24)9-12-31-23/h3-14H,15-16H2,1-2H3. The summed E-state index contributed by atoms with van der Waals surface area (Å²) in [7, 11) is 4.12. The summed E-state index contributed by atoms with van der Waals surface area (Å²) >= 11 is 1.71. The molecule has 0 fully saturated rings. The lowest BCUT2D eigenvalue weighted by molar-refractivity contribution is 0.481. The summed E-state index contributed by atoms with van der Waals surface area (Å²) in [5.41, 5.74) is 4.27. The number of benzene rings is 2.